The van der Waals surface area contributed by atoms with Gasteiger partial charge in [-0.1, -0.05) is 0 Å². The molecule has 0 aromatic carbocycles. The van der Waals surface area contributed by atoms with Crippen molar-refractivity contribution in [1.82, 2.24) is 19.3 Å². The standard InChI is InChI=1S/C17H25N5O3S/c1-19(2)17(23)10-22-5-4-21(15-11-26(24,25)12-16(15)22)9-13-6-14(7-18)20(3)8-13/h6,8,15-16H,4-5,9-12H2,1-3H3/t15-,16+/m1/s1. The summed E-state index contributed by atoms with van der Waals surface area (Å²) in [6.45, 7) is 2.23. The molecule has 26 heavy (non-hydrogen) atoms. The predicted octanol–water partition coefficient (Wildman–Crippen LogP) is -0.732. The van der Waals surface area contributed by atoms with Gasteiger partial charge in [0, 0.05) is 59.1 Å². The second-order valence-electron chi connectivity index (χ2n) is 7.40. The molecule has 1 amide bonds. The number of nitrogens with zero attached hydrogens (tertiary/aromatic N) is 5. The molecule has 2 aliphatic heterocycles. The SMILES string of the molecule is CN(C)C(=O)CN1CCN(Cc2cc(C#N)n(C)c2)[C@@H]2CS(=O)(=O)C[C@@H]21. The number of nitriles is 1. The summed E-state index contributed by atoms with van der Waals surface area (Å²) in [4.78, 5) is 17.8. The van der Waals surface area contributed by atoms with Gasteiger partial charge in [0.15, 0.2) is 9.84 Å². The highest BCUT2D eigenvalue weighted by Gasteiger charge is 2.46. The second kappa shape index (κ2) is 7.02. The largest absolute Gasteiger partial charge is 0.348 e. The van der Waals surface area contributed by atoms with Crippen LogP contribution in [0.15, 0.2) is 12.3 Å². The van der Waals surface area contributed by atoms with Crippen LogP contribution in [0.2, 0.25) is 0 Å². The third-order valence-electron chi connectivity index (χ3n) is 5.30. The van der Waals surface area contributed by atoms with Gasteiger partial charge in [-0.25, -0.2) is 8.42 Å². The van der Waals surface area contributed by atoms with Gasteiger partial charge in [-0.05, 0) is 11.6 Å². The highest BCUT2D eigenvalue weighted by molar-refractivity contribution is 7.91. The Morgan fingerprint density at radius 1 is 1.27 bits per heavy atom. The van der Waals surface area contributed by atoms with Gasteiger partial charge in [0.1, 0.15) is 11.8 Å². The van der Waals surface area contributed by atoms with Gasteiger partial charge >= 0.3 is 0 Å². The number of rotatable bonds is 4. The zero-order valence-electron chi connectivity index (χ0n) is 15.4. The van der Waals surface area contributed by atoms with Gasteiger partial charge in [0.25, 0.3) is 0 Å². The van der Waals surface area contributed by atoms with Gasteiger partial charge in [0.05, 0.1) is 18.1 Å². The van der Waals surface area contributed by atoms with E-state index >= 15 is 0 Å². The molecule has 0 radical (unpaired) electrons. The Kier molecular flexibility index (Phi) is 5.10. The molecule has 0 aliphatic carbocycles. The van der Waals surface area contributed by atoms with Gasteiger partial charge in [-0.3, -0.25) is 14.6 Å². The molecule has 0 spiro atoms. The maximum atomic E-state index is 12.3. The van der Waals surface area contributed by atoms with E-state index < -0.39 is 9.84 Å². The van der Waals surface area contributed by atoms with Crippen LogP contribution >= 0.6 is 0 Å². The van der Waals surface area contributed by atoms with E-state index in [0.717, 1.165) is 5.56 Å². The summed E-state index contributed by atoms with van der Waals surface area (Å²) in [6.07, 6.45) is 1.92. The zero-order valence-corrected chi connectivity index (χ0v) is 16.2. The fourth-order valence-electron chi connectivity index (χ4n) is 3.87. The van der Waals surface area contributed by atoms with Gasteiger partial charge in [0.2, 0.25) is 5.91 Å². The molecular formula is C17H25N5O3S. The predicted molar refractivity (Wildman–Crippen MR) is 97.0 cm³/mol. The van der Waals surface area contributed by atoms with Crippen molar-refractivity contribution in [2.45, 2.75) is 18.6 Å². The van der Waals surface area contributed by atoms with E-state index in [1.807, 2.05) is 24.2 Å². The van der Waals surface area contributed by atoms with Gasteiger partial charge in [-0.2, -0.15) is 5.26 Å². The number of carbonyl (C=O) groups is 1. The van der Waals surface area contributed by atoms with Crippen molar-refractivity contribution in [2.75, 3.05) is 45.2 Å². The molecule has 1 aromatic rings. The molecule has 1 aromatic heterocycles. The number of aromatic nitrogens is 1. The van der Waals surface area contributed by atoms with Crippen molar-refractivity contribution in [2.24, 2.45) is 7.05 Å². The van der Waals surface area contributed by atoms with E-state index in [4.69, 9.17) is 5.26 Å². The van der Waals surface area contributed by atoms with Crippen LogP contribution in [0.1, 0.15) is 11.3 Å². The first kappa shape index (κ1) is 18.9. The quantitative estimate of drug-likeness (QED) is 0.685. The summed E-state index contributed by atoms with van der Waals surface area (Å²) in [5.74, 6) is 0.221. The normalized spacial score (nSPS) is 25.6. The van der Waals surface area contributed by atoms with Crippen LogP contribution in [0, 0.1) is 11.3 Å². The second-order valence-corrected chi connectivity index (χ2v) is 9.55. The lowest BCUT2D eigenvalue weighted by molar-refractivity contribution is -0.131. The smallest absolute Gasteiger partial charge is 0.236 e. The van der Waals surface area contributed by atoms with E-state index in [1.165, 1.54) is 4.90 Å². The summed E-state index contributed by atoms with van der Waals surface area (Å²) in [5, 5.41) is 9.11. The number of likely N-dealkylation sites (N-methyl/N-ethyl adjacent to an activating group) is 1. The Hall–Kier alpha value is -1.89. The summed E-state index contributed by atoms with van der Waals surface area (Å²) >= 11 is 0. The number of sulfone groups is 1. The van der Waals surface area contributed by atoms with Crippen molar-refractivity contribution in [1.29, 1.82) is 5.26 Å². The van der Waals surface area contributed by atoms with E-state index in [1.54, 1.807) is 18.7 Å². The topological polar surface area (TPSA) is 89.7 Å². The number of hydrogen-bond acceptors (Lipinski definition) is 6. The van der Waals surface area contributed by atoms with Crippen molar-refractivity contribution < 1.29 is 13.2 Å². The van der Waals surface area contributed by atoms with Crippen LogP contribution in [-0.2, 0) is 28.2 Å². The Bertz CT molecular complexity index is 839. The Balaban J connectivity index is 1.78. The first-order chi connectivity index (χ1) is 12.2. The third-order valence-corrected chi connectivity index (χ3v) is 7.00. The fourth-order valence-corrected chi connectivity index (χ4v) is 5.91. The summed E-state index contributed by atoms with van der Waals surface area (Å²) in [6, 6.07) is 3.73. The summed E-state index contributed by atoms with van der Waals surface area (Å²) in [5.41, 5.74) is 1.59. The molecule has 0 saturated carbocycles. The average Bonchev–Trinajstić information content (AvgIpc) is 3.08. The van der Waals surface area contributed by atoms with Crippen molar-refractivity contribution in [3.8, 4) is 6.07 Å². The number of piperazine rings is 1. The van der Waals surface area contributed by atoms with Crippen molar-refractivity contribution >= 4 is 15.7 Å². The average molecular weight is 379 g/mol. The molecule has 0 bridgehead atoms. The number of aryl methyl sites for hydroxylation is 1. The van der Waals surface area contributed by atoms with Crippen LogP contribution in [0.3, 0.4) is 0 Å². The zero-order chi connectivity index (χ0) is 19.1. The number of hydrogen-bond donors (Lipinski definition) is 0. The molecule has 2 saturated heterocycles. The molecule has 8 nitrogen and oxygen atoms in total. The van der Waals surface area contributed by atoms with Crippen LogP contribution < -0.4 is 0 Å². The molecular weight excluding hydrogens is 354 g/mol. The summed E-state index contributed by atoms with van der Waals surface area (Å²) < 4.78 is 26.3. The lowest BCUT2D eigenvalue weighted by atomic mass is 10.0. The van der Waals surface area contributed by atoms with Gasteiger partial charge < -0.3 is 9.47 Å². The van der Waals surface area contributed by atoms with Crippen molar-refractivity contribution in [3.63, 3.8) is 0 Å². The molecule has 2 atom stereocenters. The van der Waals surface area contributed by atoms with Crippen LogP contribution in [0.4, 0.5) is 0 Å². The van der Waals surface area contributed by atoms with E-state index in [9.17, 15) is 13.2 Å². The van der Waals surface area contributed by atoms with Crippen LogP contribution in [-0.4, -0.2) is 90.9 Å². The Morgan fingerprint density at radius 2 is 1.88 bits per heavy atom. The highest BCUT2D eigenvalue weighted by atomic mass is 32.2. The molecule has 3 rings (SSSR count). The third kappa shape index (κ3) is 3.77. The first-order valence-electron chi connectivity index (χ1n) is 8.64. The number of amides is 1. The number of carbonyl (C=O) groups excluding carboxylic acids is 1. The Labute approximate surface area is 154 Å². The first-order valence-corrected chi connectivity index (χ1v) is 10.5. The van der Waals surface area contributed by atoms with Gasteiger partial charge in [-0.15, -0.1) is 0 Å². The fraction of sp³-hybridized carbons (Fsp3) is 0.647. The number of fused-ring (bicyclic) bond motifs is 1. The maximum absolute atomic E-state index is 12.3. The van der Waals surface area contributed by atoms with Crippen LogP contribution in [0.25, 0.3) is 0 Å². The Morgan fingerprint density at radius 3 is 2.46 bits per heavy atom. The maximum Gasteiger partial charge on any atom is 0.236 e. The van der Waals surface area contributed by atoms with Crippen molar-refractivity contribution in [3.05, 3.63) is 23.5 Å². The molecule has 2 fully saturated rings. The summed E-state index contributed by atoms with van der Waals surface area (Å²) in [7, 11) is 2.14. The van der Waals surface area contributed by atoms with E-state index in [0.29, 0.717) is 25.3 Å². The minimum Gasteiger partial charge on any atom is -0.348 e. The van der Waals surface area contributed by atoms with E-state index in [2.05, 4.69) is 11.0 Å². The molecule has 0 unspecified atom stereocenters. The van der Waals surface area contributed by atoms with Crippen LogP contribution in [0.5, 0.6) is 0 Å². The highest BCUT2D eigenvalue weighted by Crippen LogP contribution is 2.28. The van der Waals surface area contributed by atoms with E-state index in [-0.39, 0.29) is 36.0 Å². The molecule has 0 N–H and O–H groups in total. The lowest BCUT2D eigenvalue weighted by Crippen LogP contribution is -2.60. The molecule has 3 heterocycles. The lowest BCUT2D eigenvalue weighted by Gasteiger charge is -2.43. The minimum atomic E-state index is -3.12. The molecule has 142 valence electrons. The molecule has 9 heteroatoms. The minimum absolute atomic E-state index is 0.0109. The monoisotopic (exact) mass is 379 g/mol. The molecule has 2 aliphatic rings.